The lowest BCUT2D eigenvalue weighted by Crippen LogP contribution is -2.18. The first-order chi connectivity index (χ1) is 8.36. The molecule has 0 amide bonds. The fraction of sp³-hybridized carbons (Fsp3) is 0.182. The van der Waals surface area contributed by atoms with E-state index in [4.69, 9.17) is 5.26 Å². The van der Waals surface area contributed by atoms with Gasteiger partial charge in [-0.25, -0.2) is 0 Å². The summed E-state index contributed by atoms with van der Waals surface area (Å²) in [6.07, 6.45) is -4.72. The van der Waals surface area contributed by atoms with Gasteiger partial charge in [-0.1, -0.05) is 15.9 Å². The van der Waals surface area contributed by atoms with Crippen LogP contribution in [0.3, 0.4) is 0 Å². The van der Waals surface area contributed by atoms with Crippen LogP contribution in [-0.2, 0) is 6.18 Å². The van der Waals surface area contributed by atoms with Gasteiger partial charge in [0.1, 0.15) is 0 Å². The quantitative estimate of drug-likeness (QED) is 0.489. The third-order valence-electron chi connectivity index (χ3n) is 2.17. The summed E-state index contributed by atoms with van der Waals surface area (Å²) in [5, 5.41) is 8.29. The molecule has 0 radical (unpaired) electrons. The molecule has 18 heavy (non-hydrogen) atoms. The predicted molar refractivity (Wildman–Crippen MR) is 59.7 cm³/mol. The fourth-order valence-corrected chi connectivity index (χ4v) is 1.75. The number of hydrogen-bond acceptors (Lipinski definition) is 3. The van der Waals surface area contributed by atoms with E-state index in [0.29, 0.717) is 0 Å². The molecule has 0 unspecified atom stereocenters. The Morgan fingerprint density at radius 2 is 2.06 bits per heavy atom. The molecule has 0 spiro atoms. The topological polar surface area (TPSA) is 57.9 Å². The maximum Gasteiger partial charge on any atom is 0.418 e. The Bertz CT molecular complexity index is 546. The zero-order valence-electron chi connectivity index (χ0n) is 8.71. The van der Waals surface area contributed by atoms with Crippen LogP contribution in [-0.4, -0.2) is 17.4 Å². The second-order valence-corrected chi connectivity index (χ2v) is 3.80. The molecule has 0 fully saturated rings. The Kier molecular flexibility index (Phi) is 4.24. The molecule has 0 aromatic heterocycles. The highest BCUT2D eigenvalue weighted by atomic mass is 79.9. The maximum absolute atomic E-state index is 12.9. The highest BCUT2D eigenvalue weighted by molar-refractivity contribution is 9.09. The molecule has 94 valence electrons. The number of nitriles is 1. The summed E-state index contributed by atoms with van der Waals surface area (Å²) in [4.78, 5) is 22.2. The fourth-order valence-electron chi connectivity index (χ4n) is 1.47. The summed E-state index contributed by atoms with van der Waals surface area (Å²) in [6, 6.07) is 3.27. The average molecular weight is 320 g/mol. The standard InChI is InChI=1S/C11H5BrF3NO2/c12-3-8(18)9-7(5-17)2-1-6(4-16)10(9)11(13,14)15/h1-2,5H,3H2. The molecule has 0 N–H and O–H groups in total. The summed E-state index contributed by atoms with van der Waals surface area (Å²) in [7, 11) is 0. The number of carbonyl (C=O) groups is 2. The minimum atomic E-state index is -4.88. The zero-order valence-corrected chi connectivity index (χ0v) is 10.3. The molecule has 7 heteroatoms. The van der Waals surface area contributed by atoms with E-state index in [2.05, 4.69) is 15.9 Å². The van der Waals surface area contributed by atoms with Gasteiger partial charge in [-0.15, -0.1) is 0 Å². The van der Waals surface area contributed by atoms with Crippen molar-refractivity contribution in [1.29, 1.82) is 5.26 Å². The average Bonchev–Trinajstić information content (AvgIpc) is 2.34. The Balaban J connectivity index is 3.77. The molecular formula is C11H5BrF3NO2. The predicted octanol–water partition coefficient (Wildman–Crippen LogP) is 2.97. The lowest BCUT2D eigenvalue weighted by Gasteiger charge is -2.14. The third-order valence-corrected chi connectivity index (χ3v) is 2.68. The van der Waals surface area contributed by atoms with Gasteiger partial charge in [-0.05, 0) is 12.1 Å². The van der Waals surface area contributed by atoms with Crippen molar-refractivity contribution in [2.24, 2.45) is 0 Å². The lowest BCUT2D eigenvalue weighted by molar-refractivity contribution is -0.138. The molecule has 1 rings (SSSR count). The van der Waals surface area contributed by atoms with Gasteiger partial charge in [0.25, 0.3) is 0 Å². The molecule has 0 aliphatic carbocycles. The van der Waals surface area contributed by atoms with Crippen molar-refractivity contribution in [3.8, 4) is 6.07 Å². The smallest absolute Gasteiger partial charge is 0.298 e. The zero-order chi connectivity index (χ0) is 13.9. The number of rotatable bonds is 3. The largest absolute Gasteiger partial charge is 0.418 e. The first kappa shape index (κ1) is 14.4. The second kappa shape index (κ2) is 5.31. The van der Waals surface area contributed by atoms with Crippen LogP contribution in [0.25, 0.3) is 0 Å². The van der Waals surface area contributed by atoms with Crippen LogP contribution in [0.5, 0.6) is 0 Å². The Morgan fingerprint density at radius 3 is 2.44 bits per heavy atom. The van der Waals surface area contributed by atoms with Crippen molar-refractivity contribution in [1.82, 2.24) is 0 Å². The van der Waals surface area contributed by atoms with Crippen LogP contribution < -0.4 is 0 Å². The van der Waals surface area contributed by atoms with E-state index in [1.165, 1.54) is 6.07 Å². The van der Waals surface area contributed by atoms with Gasteiger partial charge >= 0.3 is 6.18 Å². The number of hydrogen-bond donors (Lipinski definition) is 0. The van der Waals surface area contributed by atoms with E-state index < -0.39 is 28.6 Å². The van der Waals surface area contributed by atoms with Crippen molar-refractivity contribution >= 4 is 28.0 Å². The van der Waals surface area contributed by atoms with Gasteiger partial charge in [0.05, 0.1) is 22.5 Å². The van der Waals surface area contributed by atoms with Crippen LogP contribution in [0, 0.1) is 11.3 Å². The van der Waals surface area contributed by atoms with Gasteiger partial charge < -0.3 is 0 Å². The number of ketones is 1. The molecule has 0 saturated carbocycles. The number of Topliss-reactive ketones (excluding diaryl/α,β-unsaturated/α-hetero) is 1. The van der Waals surface area contributed by atoms with Crippen LogP contribution in [0.4, 0.5) is 13.2 Å². The van der Waals surface area contributed by atoms with Crippen molar-refractivity contribution in [3.05, 3.63) is 34.4 Å². The molecule has 1 aromatic carbocycles. The lowest BCUT2D eigenvalue weighted by atomic mass is 9.94. The van der Waals surface area contributed by atoms with Gasteiger partial charge in [0, 0.05) is 11.1 Å². The van der Waals surface area contributed by atoms with E-state index in [1.54, 1.807) is 0 Å². The number of benzene rings is 1. The molecule has 1 aromatic rings. The monoisotopic (exact) mass is 319 g/mol. The van der Waals surface area contributed by atoms with Crippen molar-refractivity contribution in [3.63, 3.8) is 0 Å². The van der Waals surface area contributed by atoms with Gasteiger partial charge in [-0.2, -0.15) is 18.4 Å². The molecule has 0 bridgehead atoms. The number of carbonyl (C=O) groups excluding carboxylic acids is 2. The van der Waals surface area contributed by atoms with Crippen LogP contribution in [0.2, 0.25) is 0 Å². The second-order valence-electron chi connectivity index (χ2n) is 3.24. The van der Waals surface area contributed by atoms with Crippen molar-refractivity contribution in [2.75, 3.05) is 5.33 Å². The van der Waals surface area contributed by atoms with Crippen LogP contribution in [0.15, 0.2) is 12.1 Å². The van der Waals surface area contributed by atoms with E-state index >= 15 is 0 Å². The van der Waals surface area contributed by atoms with Crippen LogP contribution in [0.1, 0.15) is 31.8 Å². The molecular weight excluding hydrogens is 315 g/mol. The summed E-state index contributed by atoms with van der Waals surface area (Å²) in [5.41, 5.74) is -3.20. The molecule has 0 heterocycles. The normalized spacial score (nSPS) is 10.8. The Hall–Kier alpha value is -1.68. The van der Waals surface area contributed by atoms with Gasteiger partial charge in [-0.3, -0.25) is 9.59 Å². The van der Waals surface area contributed by atoms with Crippen molar-refractivity contribution < 1.29 is 22.8 Å². The summed E-state index contributed by atoms with van der Waals surface area (Å²) in [6.45, 7) is 0. The summed E-state index contributed by atoms with van der Waals surface area (Å²) >= 11 is 2.75. The molecule has 0 atom stereocenters. The maximum atomic E-state index is 12.9. The van der Waals surface area contributed by atoms with Crippen molar-refractivity contribution in [2.45, 2.75) is 6.18 Å². The number of aldehydes is 1. The first-order valence-corrected chi connectivity index (χ1v) is 5.67. The number of nitrogens with zero attached hydrogens (tertiary/aromatic N) is 1. The van der Waals surface area contributed by atoms with Gasteiger partial charge in [0.2, 0.25) is 0 Å². The number of halogens is 4. The molecule has 0 saturated heterocycles. The molecule has 0 aliphatic rings. The third kappa shape index (κ3) is 2.59. The minimum Gasteiger partial charge on any atom is -0.298 e. The first-order valence-electron chi connectivity index (χ1n) is 4.55. The molecule has 3 nitrogen and oxygen atoms in total. The SMILES string of the molecule is N#Cc1ccc(C=O)c(C(=O)CBr)c1C(F)(F)F. The van der Waals surface area contributed by atoms with E-state index in [-0.39, 0.29) is 17.2 Å². The van der Waals surface area contributed by atoms with E-state index in [0.717, 1.165) is 12.1 Å². The highest BCUT2D eigenvalue weighted by Gasteiger charge is 2.39. The summed E-state index contributed by atoms with van der Waals surface area (Å²) < 4.78 is 38.6. The number of alkyl halides is 4. The van der Waals surface area contributed by atoms with Crippen LogP contribution >= 0.6 is 15.9 Å². The van der Waals surface area contributed by atoms with E-state index in [9.17, 15) is 22.8 Å². The Labute approximate surface area is 108 Å². The Morgan fingerprint density at radius 1 is 1.44 bits per heavy atom. The molecule has 0 aliphatic heterocycles. The van der Waals surface area contributed by atoms with E-state index in [1.807, 2.05) is 0 Å². The van der Waals surface area contributed by atoms with Gasteiger partial charge in [0.15, 0.2) is 12.1 Å². The minimum absolute atomic E-state index is 0.159. The highest BCUT2D eigenvalue weighted by Crippen LogP contribution is 2.36. The summed E-state index contributed by atoms with van der Waals surface area (Å²) in [5.74, 6) is -0.901.